The zero-order valence-corrected chi connectivity index (χ0v) is 22.5. The van der Waals surface area contributed by atoms with Crippen LogP contribution in [0.1, 0.15) is 53.1 Å². The first-order valence-corrected chi connectivity index (χ1v) is 13.2. The largest absolute Gasteiger partial charge is 0.493 e. The van der Waals surface area contributed by atoms with Crippen molar-refractivity contribution >= 4 is 29.3 Å². The van der Waals surface area contributed by atoms with Crippen molar-refractivity contribution < 1.29 is 18.9 Å². The van der Waals surface area contributed by atoms with Gasteiger partial charge in [-0.2, -0.15) is 0 Å². The number of hydrogen-bond donors (Lipinski definition) is 2. The molecule has 196 valence electrons. The third-order valence-corrected chi connectivity index (χ3v) is 7.73. The Morgan fingerprint density at radius 2 is 1.97 bits per heavy atom. The molecular formula is C25H36N6O4S. The van der Waals surface area contributed by atoms with E-state index in [2.05, 4.69) is 27.5 Å². The fourth-order valence-corrected chi connectivity index (χ4v) is 5.49. The van der Waals surface area contributed by atoms with Crippen LogP contribution >= 0.6 is 0 Å². The summed E-state index contributed by atoms with van der Waals surface area (Å²) >= 11 is 0. The van der Waals surface area contributed by atoms with Crippen LogP contribution in [0.3, 0.4) is 0 Å². The number of aldehydes is 1. The topological polar surface area (TPSA) is 112 Å². The molecule has 3 rings (SSSR count). The van der Waals surface area contributed by atoms with Crippen molar-refractivity contribution in [2.75, 3.05) is 52.3 Å². The van der Waals surface area contributed by atoms with Crippen molar-refractivity contribution in [2.45, 2.75) is 38.5 Å². The molecule has 1 atom stereocenters. The van der Waals surface area contributed by atoms with Crippen LogP contribution in [0, 0.1) is 6.92 Å². The lowest BCUT2D eigenvalue weighted by molar-refractivity contribution is 0.111. The molecule has 36 heavy (non-hydrogen) atoms. The number of nitrogens with one attached hydrogen (secondary N) is 1. The maximum absolute atomic E-state index is 13.4. The molecule has 2 aromatic rings. The second kappa shape index (κ2) is 12.8. The van der Waals surface area contributed by atoms with E-state index in [-0.39, 0.29) is 0 Å². The first-order valence-electron chi connectivity index (χ1n) is 12.1. The number of aromatic nitrogens is 1. The van der Waals surface area contributed by atoms with E-state index in [1.807, 2.05) is 43.3 Å². The molecule has 1 aromatic heterocycles. The van der Waals surface area contributed by atoms with E-state index in [4.69, 9.17) is 4.74 Å². The van der Waals surface area contributed by atoms with Crippen LogP contribution < -0.4 is 10.2 Å². The molecular weight excluding hydrogens is 480 g/mol. The fraction of sp³-hybridized carbons (Fsp3) is 0.480. The monoisotopic (exact) mass is 516 g/mol. The molecule has 0 amide bonds. The molecule has 0 bridgehead atoms. The van der Waals surface area contributed by atoms with Gasteiger partial charge in [0.05, 0.1) is 23.3 Å². The fourth-order valence-electron chi connectivity index (χ4n) is 4.29. The van der Waals surface area contributed by atoms with Gasteiger partial charge < -0.3 is 14.8 Å². The Morgan fingerprint density at radius 3 is 2.56 bits per heavy atom. The summed E-state index contributed by atoms with van der Waals surface area (Å²) in [5, 5.41) is 12.4. The van der Waals surface area contributed by atoms with Crippen LogP contribution in [0.25, 0.3) is 0 Å². The van der Waals surface area contributed by atoms with Gasteiger partial charge in [-0.3, -0.25) is 19.9 Å². The van der Waals surface area contributed by atoms with Crippen LogP contribution in [-0.4, -0.2) is 88.5 Å². The first-order chi connectivity index (χ1) is 17.4. The van der Waals surface area contributed by atoms with Gasteiger partial charge in [-0.05, 0) is 51.1 Å². The number of rotatable bonds is 10. The SMILES string of the molecule is CCCc1c(/C=N/O)c(C)c(C=O)n1NC(=NC)c1cc(S(=O)N2CCN(C)CC2)ccc1OCC. The average molecular weight is 517 g/mol. The van der Waals surface area contributed by atoms with Crippen LogP contribution in [-0.2, 0) is 17.4 Å². The number of oxime groups is 1. The molecule has 1 aliphatic heterocycles. The molecule has 0 aliphatic carbocycles. The van der Waals surface area contributed by atoms with Gasteiger partial charge in [-0.15, -0.1) is 0 Å². The Hall–Kier alpha value is -3.02. The minimum atomic E-state index is -1.33. The number of amidine groups is 1. The number of piperazine rings is 1. The van der Waals surface area contributed by atoms with E-state index in [0.29, 0.717) is 51.9 Å². The lowest BCUT2D eigenvalue weighted by Crippen LogP contribution is -2.45. The number of nitrogens with zero attached hydrogens (tertiary/aromatic N) is 5. The van der Waals surface area contributed by atoms with E-state index >= 15 is 0 Å². The van der Waals surface area contributed by atoms with Crippen LogP contribution in [0.5, 0.6) is 5.75 Å². The van der Waals surface area contributed by atoms with E-state index < -0.39 is 11.0 Å². The third-order valence-electron chi connectivity index (χ3n) is 6.24. The van der Waals surface area contributed by atoms with Gasteiger partial charge in [0.25, 0.3) is 0 Å². The first kappa shape index (κ1) is 27.6. The lowest BCUT2D eigenvalue weighted by atomic mass is 10.1. The van der Waals surface area contributed by atoms with Crippen LogP contribution in [0.2, 0.25) is 0 Å². The highest BCUT2D eigenvalue weighted by atomic mass is 32.2. The van der Waals surface area contributed by atoms with E-state index in [0.717, 1.165) is 44.6 Å². The van der Waals surface area contributed by atoms with Crippen LogP contribution in [0.15, 0.2) is 33.2 Å². The number of carbonyl (C=O) groups is 1. The van der Waals surface area contributed by atoms with Gasteiger partial charge in [-0.25, -0.2) is 8.51 Å². The summed E-state index contributed by atoms with van der Waals surface area (Å²) in [6.07, 6.45) is 3.58. The number of aliphatic imine (C=N–C) groups is 1. The molecule has 0 radical (unpaired) electrons. The van der Waals surface area contributed by atoms with Crippen molar-refractivity contribution in [3.63, 3.8) is 0 Å². The van der Waals surface area contributed by atoms with Crippen molar-refractivity contribution in [3.8, 4) is 5.75 Å². The Balaban J connectivity index is 2.05. The summed E-state index contributed by atoms with van der Waals surface area (Å²) in [4.78, 5) is 19.4. The Kier molecular flexibility index (Phi) is 9.80. The highest BCUT2D eigenvalue weighted by molar-refractivity contribution is 7.82. The minimum absolute atomic E-state index is 0.407. The zero-order valence-electron chi connectivity index (χ0n) is 21.7. The summed E-state index contributed by atoms with van der Waals surface area (Å²) in [5.74, 6) is 1.05. The maximum atomic E-state index is 13.4. The maximum Gasteiger partial charge on any atom is 0.168 e. The van der Waals surface area contributed by atoms with Crippen LogP contribution in [0.4, 0.5) is 0 Å². The van der Waals surface area contributed by atoms with Crippen molar-refractivity contribution in [3.05, 3.63) is 46.3 Å². The Labute approximate surface area is 215 Å². The molecule has 2 N–H and O–H groups in total. The Morgan fingerprint density at radius 1 is 1.25 bits per heavy atom. The summed E-state index contributed by atoms with van der Waals surface area (Å²) in [5.41, 5.74) is 6.50. The number of hydrogen-bond acceptors (Lipinski definition) is 7. The summed E-state index contributed by atoms with van der Waals surface area (Å²) in [6.45, 7) is 9.36. The molecule has 0 spiro atoms. The summed E-state index contributed by atoms with van der Waals surface area (Å²) in [6, 6.07) is 5.47. The zero-order chi connectivity index (χ0) is 26.2. The van der Waals surface area contributed by atoms with Gasteiger partial charge in [-0.1, -0.05) is 18.5 Å². The van der Waals surface area contributed by atoms with Crippen molar-refractivity contribution in [1.82, 2.24) is 13.9 Å². The molecule has 10 nitrogen and oxygen atoms in total. The minimum Gasteiger partial charge on any atom is -0.493 e. The molecule has 1 unspecified atom stereocenters. The molecule has 1 saturated heterocycles. The predicted molar refractivity (Wildman–Crippen MR) is 143 cm³/mol. The standard InChI is InChI=1S/C25H36N6O4S/c1-6-8-22-21(16-27-33)18(3)23(17-32)31(22)28-25(26-4)20-15-19(9-10-24(20)35-7-2)36(34)30-13-11-29(5)12-14-30/h9-10,15-17,33H,6-8,11-14H2,1-5H3,(H,26,28)/b27-16+. The van der Waals surface area contributed by atoms with Gasteiger partial charge >= 0.3 is 0 Å². The van der Waals surface area contributed by atoms with E-state index in [9.17, 15) is 14.2 Å². The van der Waals surface area contributed by atoms with Crippen molar-refractivity contribution in [1.29, 1.82) is 0 Å². The third kappa shape index (κ3) is 5.85. The van der Waals surface area contributed by atoms with Crippen molar-refractivity contribution in [2.24, 2.45) is 10.1 Å². The number of carbonyl (C=O) groups excluding carboxylic acids is 1. The molecule has 0 saturated carbocycles. The molecule has 1 fully saturated rings. The second-order valence-corrected chi connectivity index (χ2v) is 10.1. The molecule has 1 aliphatic rings. The van der Waals surface area contributed by atoms with E-state index in [1.54, 1.807) is 11.7 Å². The smallest absolute Gasteiger partial charge is 0.168 e. The summed E-state index contributed by atoms with van der Waals surface area (Å²) in [7, 11) is 2.38. The average Bonchev–Trinajstić information content (AvgIpc) is 3.13. The molecule has 1 aromatic carbocycles. The highest BCUT2D eigenvalue weighted by Crippen LogP contribution is 2.26. The van der Waals surface area contributed by atoms with Gasteiger partial charge in [0.2, 0.25) is 0 Å². The highest BCUT2D eigenvalue weighted by Gasteiger charge is 2.24. The molecule has 11 heteroatoms. The Bertz CT molecular complexity index is 1150. The second-order valence-electron chi connectivity index (χ2n) is 8.57. The van der Waals surface area contributed by atoms with Gasteiger partial charge in [0.1, 0.15) is 22.4 Å². The normalized spacial score (nSPS) is 16.4. The quantitative estimate of drug-likeness (QED) is 0.165. The van der Waals surface area contributed by atoms with Gasteiger partial charge in [0, 0.05) is 44.5 Å². The van der Waals surface area contributed by atoms with E-state index in [1.165, 1.54) is 6.21 Å². The number of ether oxygens (including phenoxy) is 1. The number of likely N-dealkylation sites (N-methyl/N-ethyl adjacent to an activating group) is 1. The summed E-state index contributed by atoms with van der Waals surface area (Å²) < 4.78 is 22.9. The lowest BCUT2D eigenvalue weighted by Gasteiger charge is -2.31. The number of benzene rings is 1. The van der Waals surface area contributed by atoms with Gasteiger partial charge in [0.15, 0.2) is 12.1 Å². The predicted octanol–water partition coefficient (Wildman–Crippen LogP) is 2.66. The molecule has 2 heterocycles.